The molecular weight excluding hydrogens is 300 g/mol. The molecule has 0 saturated carbocycles. The predicted molar refractivity (Wildman–Crippen MR) is 97.5 cm³/mol. The first-order valence-corrected chi connectivity index (χ1v) is 8.17. The van der Waals surface area contributed by atoms with E-state index in [9.17, 15) is 4.79 Å². The van der Waals surface area contributed by atoms with Crippen molar-refractivity contribution >= 4 is 11.6 Å². The quantitative estimate of drug-likeness (QED) is 0.623. The maximum atomic E-state index is 12.0. The molecule has 4 nitrogen and oxygen atoms in total. The third kappa shape index (κ3) is 5.23. The van der Waals surface area contributed by atoms with Gasteiger partial charge in [-0.25, -0.2) is 5.43 Å². The Morgan fingerprint density at radius 3 is 2.25 bits per heavy atom. The molecule has 2 aromatic carbocycles. The van der Waals surface area contributed by atoms with Crippen molar-refractivity contribution in [1.82, 2.24) is 5.43 Å². The summed E-state index contributed by atoms with van der Waals surface area (Å²) in [5.74, 6) is 0.640. The zero-order valence-electron chi connectivity index (χ0n) is 14.5. The molecule has 0 aliphatic heterocycles. The van der Waals surface area contributed by atoms with E-state index in [-0.39, 0.29) is 12.3 Å². The summed E-state index contributed by atoms with van der Waals surface area (Å²) in [6.07, 6.45) is 2.50. The first-order chi connectivity index (χ1) is 11.6. The van der Waals surface area contributed by atoms with Crippen LogP contribution in [0.25, 0.3) is 0 Å². The minimum Gasteiger partial charge on any atom is -0.497 e. The highest BCUT2D eigenvalue weighted by molar-refractivity contribution is 5.99. The third-order valence-corrected chi connectivity index (χ3v) is 3.78. The Morgan fingerprint density at radius 2 is 1.67 bits per heavy atom. The summed E-state index contributed by atoms with van der Waals surface area (Å²) in [7, 11) is 1.62. The van der Waals surface area contributed by atoms with Crippen LogP contribution in [0.2, 0.25) is 0 Å². The molecule has 0 unspecified atom stereocenters. The number of methoxy groups -OCH3 is 1. The van der Waals surface area contributed by atoms with E-state index in [0.717, 1.165) is 35.4 Å². The average Bonchev–Trinajstić information content (AvgIpc) is 2.61. The van der Waals surface area contributed by atoms with E-state index in [4.69, 9.17) is 4.74 Å². The Labute approximate surface area is 143 Å². The van der Waals surface area contributed by atoms with Gasteiger partial charge < -0.3 is 4.74 Å². The summed E-state index contributed by atoms with van der Waals surface area (Å²) in [4.78, 5) is 12.0. The van der Waals surface area contributed by atoms with E-state index >= 15 is 0 Å². The van der Waals surface area contributed by atoms with Crippen molar-refractivity contribution in [2.45, 2.75) is 33.1 Å². The first-order valence-electron chi connectivity index (χ1n) is 8.17. The summed E-state index contributed by atoms with van der Waals surface area (Å²) in [5, 5.41) is 4.19. The molecule has 0 heterocycles. The van der Waals surface area contributed by atoms with Crippen molar-refractivity contribution in [2.24, 2.45) is 5.10 Å². The fraction of sp³-hybridized carbons (Fsp3) is 0.300. The molecule has 0 atom stereocenters. The number of hydrogen-bond acceptors (Lipinski definition) is 3. The smallest absolute Gasteiger partial charge is 0.244 e. The van der Waals surface area contributed by atoms with Gasteiger partial charge in [-0.2, -0.15) is 5.10 Å². The van der Waals surface area contributed by atoms with Crippen LogP contribution in [0, 0.1) is 0 Å². The average molecular weight is 324 g/mol. The van der Waals surface area contributed by atoms with Gasteiger partial charge in [0, 0.05) is 0 Å². The molecule has 2 rings (SSSR count). The lowest BCUT2D eigenvalue weighted by atomic mass is 10.1. The van der Waals surface area contributed by atoms with Crippen molar-refractivity contribution in [2.75, 3.05) is 7.11 Å². The molecule has 24 heavy (non-hydrogen) atoms. The van der Waals surface area contributed by atoms with Crippen LogP contribution in [0.4, 0.5) is 0 Å². The van der Waals surface area contributed by atoms with Crippen LogP contribution < -0.4 is 10.2 Å². The third-order valence-electron chi connectivity index (χ3n) is 3.78. The molecule has 126 valence electrons. The SMILES string of the molecule is CCCc1ccc(C(C)=NNC(=O)Cc2ccc(OC)cc2)cc1. The number of carbonyl (C=O) groups is 1. The highest BCUT2D eigenvalue weighted by atomic mass is 16.5. The van der Waals surface area contributed by atoms with Crippen molar-refractivity contribution in [3.8, 4) is 5.75 Å². The zero-order chi connectivity index (χ0) is 17.4. The lowest BCUT2D eigenvalue weighted by Crippen LogP contribution is -2.21. The topological polar surface area (TPSA) is 50.7 Å². The van der Waals surface area contributed by atoms with Gasteiger partial charge >= 0.3 is 0 Å². The second-order valence-electron chi connectivity index (χ2n) is 5.70. The Balaban J connectivity index is 1.91. The van der Waals surface area contributed by atoms with Crippen molar-refractivity contribution in [1.29, 1.82) is 0 Å². The summed E-state index contributed by atoms with van der Waals surface area (Å²) < 4.78 is 5.10. The predicted octanol–water partition coefficient (Wildman–Crippen LogP) is 3.73. The van der Waals surface area contributed by atoms with Crippen LogP contribution in [0.3, 0.4) is 0 Å². The van der Waals surface area contributed by atoms with E-state index in [1.165, 1.54) is 5.56 Å². The molecule has 0 aliphatic rings. The molecular formula is C20H24N2O2. The van der Waals surface area contributed by atoms with E-state index in [1.54, 1.807) is 7.11 Å². The molecule has 0 bridgehead atoms. The Hall–Kier alpha value is -2.62. The van der Waals surface area contributed by atoms with Gasteiger partial charge in [0.25, 0.3) is 0 Å². The van der Waals surface area contributed by atoms with Crippen LogP contribution in [-0.2, 0) is 17.6 Å². The lowest BCUT2D eigenvalue weighted by molar-refractivity contribution is -0.120. The van der Waals surface area contributed by atoms with Crippen molar-refractivity contribution in [3.05, 3.63) is 65.2 Å². The number of hydrazone groups is 1. The van der Waals surface area contributed by atoms with Crippen LogP contribution >= 0.6 is 0 Å². The Bertz CT molecular complexity index is 689. The van der Waals surface area contributed by atoms with Crippen molar-refractivity contribution in [3.63, 3.8) is 0 Å². The standard InChI is InChI=1S/C20H24N2O2/c1-4-5-16-6-10-18(11-7-16)15(2)21-22-20(23)14-17-8-12-19(24-3)13-9-17/h6-13H,4-5,14H2,1-3H3,(H,22,23). The molecule has 0 aromatic heterocycles. The molecule has 0 aliphatic carbocycles. The van der Waals surface area contributed by atoms with E-state index in [0.29, 0.717) is 0 Å². The summed E-state index contributed by atoms with van der Waals surface area (Å²) >= 11 is 0. The summed E-state index contributed by atoms with van der Waals surface area (Å²) in [5.41, 5.74) is 6.66. The minimum atomic E-state index is -0.137. The van der Waals surface area contributed by atoms with Gasteiger partial charge in [0.2, 0.25) is 5.91 Å². The second-order valence-corrected chi connectivity index (χ2v) is 5.70. The first kappa shape index (κ1) is 17.7. The minimum absolute atomic E-state index is 0.137. The number of ether oxygens (including phenoxy) is 1. The van der Waals surface area contributed by atoms with Crippen LogP contribution in [-0.4, -0.2) is 18.7 Å². The molecule has 1 N–H and O–H groups in total. The van der Waals surface area contributed by atoms with Crippen molar-refractivity contribution < 1.29 is 9.53 Å². The Morgan fingerprint density at radius 1 is 1.04 bits per heavy atom. The van der Waals surface area contributed by atoms with Crippen LogP contribution in [0.5, 0.6) is 5.75 Å². The number of rotatable bonds is 7. The zero-order valence-corrected chi connectivity index (χ0v) is 14.5. The number of amides is 1. The van der Waals surface area contributed by atoms with Gasteiger partial charge in [-0.3, -0.25) is 4.79 Å². The summed E-state index contributed by atoms with van der Waals surface area (Å²) in [6, 6.07) is 15.7. The fourth-order valence-electron chi connectivity index (χ4n) is 2.38. The van der Waals surface area contributed by atoms with Crippen LogP contribution in [0.1, 0.15) is 37.0 Å². The van der Waals surface area contributed by atoms with Gasteiger partial charge in [0.15, 0.2) is 0 Å². The highest BCUT2D eigenvalue weighted by Crippen LogP contribution is 2.11. The largest absolute Gasteiger partial charge is 0.497 e. The van der Waals surface area contributed by atoms with Gasteiger partial charge in [-0.05, 0) is 42.2 Å². The monoisotopic (exact) mass is 324 g/mol. The maximum absolute atomic E-state index is 12.0. The second kappa shape index (κ2) is 8.87. The number of aryl methyl sites for hydroxylation is 1. The number of nitrogens with zero attached hydrogens (tertiary/aromatic N) is 1. The maximum Gasteiger partial charge on any atom is 0.244 e. The molecule has 0 saturated heterocycles. The number of hydrogen-bond donors (Lipinski definition) is 1. The number of nitrogens with one attached hydrogen (secondary N) is 1. The molecule has 0 fully saturated rings. The number of carbonyl (C=O) groups excluding carboxylic acids is 1. The molecule has 2 aromatic rings. The normalized spacial score (nSPS) is 11.2. The molecule has 1 amide bonds. The van der Waals surface area contributed by atoms with E-state index < -0.39 is 0 Å². The number of benzene rings is 2. The van der Waals surface area contributed by atoms with Crippen LogP contribution in [0.15, 0.2) is 53.6 Å². The van der Waals surface area contributed by atoms with E-state index in [2.05, 4.69) is 29.6 Å². The van der Waals surface area contributed by atoms with Gasteiger partial charge in [-0.1, -0.05) is 49.7 Å². The van der Waals surface area contributed by atoms with E-state index in [1.807, 2.05) is 43.3 Å². The Kier molecular flexibility index (Phi) is 6.55. The fourth-order valence-corrected chi connectivity index (χ4v) is 2.38. The molecule has 0 radical (unpaired) electrons. The highest BCUT2D eigenvalue weighted by Gasteiger charge is 2.04. The summed E-state index contributed by atoms with van der Waals surface area (Å²) in [6.45, 7) is 4.06. The molecule has 4 heteroatoms. The lowest BCUT2D eigenvalue weighted by Gasteiger charge is -2.05. The molecule has 0 spiro atoms. The van der Waals surface area contributed by atoms with Gasteiger partial charge in [0.1, 0.15) is 5.75 Å². The van der Waals surface area contributed by atoms with Gasteiger partial charge in [-0.15, -0.1) is 0 Å². The van der Waals surface area contributed by atoms with Gasteiger partial charge in [0.05, 0.1) is 19.2 Å².